The molecule has 1 aliphatic rings. The Morgan fingerprint density at radius 1 is 0.833 bits per heavy atom. The third-order valence-corrected chi connectivity index (χ3v) is 5.58. The van der Waals surface area contributed by atoms with Crippen molar-refractivity contribution in [1.82, 2.24) is 10.3 Å². The number of aromatic nitrogens is 1. The molecule has 2 heteroatoms. The first-order valence-electron chi connectivity index (χ1n) is 8.88. The monoisotopic (exact) mass is 318 g/mol. The number of hydrogen-bond acceptors (Lipinski definition) is 1. The summed E-state index contributed by atoms with van der Waals surface area (Å²) < 4.78 is 0. The molecule has 0 saturated heterocycles. The molecule has 0 radical (unpaired) electrons. The van der Waals surface area contributed by atoms with Crippen LogP contribution >= 0.6 is 0 Å². The molecule has 0 fully saturated rings. The van der Waals surface area contributed by atoms with E-state index in [9.17, 15) is 0 Å². The molecule has 0 bridgehead atoms. The fourth-order valence-electron chi connectivity index (χ4n) is 4.33. The number of fused-ring (bicyclic) bond motifs is 3. The Labute approximate surface area is 144 Å². The fourth-order valence-corrected chi connectivity index (χ4v) is 4.33. The number of aryl methyl sites for hydroxylation is 5. The van der Waals surface area contributed by atoms with Gasteiger partial charge in [0.2, 0.25) is 0 Å². The van der Waals surface area contributed by atoms with E-state index in [-0.39, 0.29) is 6.04 Å². The molecule has 2 heterocycles. The van der Waals surface area contributed by atoms with Crippen LogP contribution in [-0.4, -0.2) is 11.5 Å². The van der Waals surface area contributed by atoms with Gasteiger partial charge in [-0.05, 0) is 86.1 Å². The van der Waals surface area contributed by atoms with E-state index in [1.807, 2.05) is 0 Å². The zero-order valence-electron chi connectivity index (χ0n) is 15.3. The molecule has 4 rings (SSSR count). The van der Waals surface area contributed by atoms with E-state index in [2.05, 4.69) is 69.2 Å². The van der Waals surface area contributed by atoms with Crippen LogP contribution in [-0.2, 0) is 6.42 Å². The number of hydrogen-bond donors (Lipinski definition) is 2. The highest BCUT2D eigenvalue weighted by molar-refractivity contribution is 5.89. The normalized spacial score (nSPS) is 17.3. The molecule has 124 valence electrons. The SMILES string of the molecule is Cc1cc(C)c2c3c([nH]c2c1)C(c1cc(C)c(C)cc1C)NCC3. The molecule has 0 saturated carbocycles. The fraction of sp³-hybridized carbons (Fsp3) is 0.364. The van der Waals surface area contributed by atoms with Gasteiger partial charge in [-0.1, -0.05) is 18.2 Å². The lowest BCUT2D eigenvalue weighted by atomic mass is 9.89. The average Bonchev–Trinajstić information content (AvgIpc) is 2.89. The lowest BCUT2D eigenvalue weighted by molar-refractivity contribution is 0.558. The van der Waals surface area contributed by atoms with E-state index in [4.69, 9.17) is 0 Å². The Morgan fingerprint density at radius 3 is 2.38 bits per heavy atom. The van der Waals surface area contributed by atoms with Crippen LogP contribution in [0.4, 0.5) is 0 Å². The summed E-state index contributed by atoms with van der Waals surface area (Å²) in [6.45, 7) is 12.1. The standard InChI is InChI=1S/C22H26N2/c1-12-8-16(5)20-17-6-7-23-21(22(17)24-19(20)9-12)18-11-14(3)13(2)10-15(18)4/h8-11,21,23-24H,6-7H2,1-5H3. The highest BCUT2D eigenvalue weighted by Crippen LogP contribution is 2.36. The maximum atomic E-state index is 3.75. The summed E-state index contributed by atoms with van der Waals surface area (Å²) in [5.74, 6) is 0. The molecule has 1 atom stereocenters. The van der Waals surface area contributed by atoms with Crippen molar-refractivity contribution in [3.05, 3.63) is 68.9 Å². The number of benzene rings is 2. The number of rotatable bonds is 1. The van der Waals surface area contributed by atoms with Crippen molar-refractivity contribution in [2.45, 2.75) is 47.1 Å². The van der Waals surface area contributed by atoms with Crippen LogP contribution in [0.1, 0.15) is 50.7 Å². The third-order valence-electron chi connectivity index (χ3n) is 5.58. The largest absolute Gasteiger partial charge is 0.357 e. The minimum absolute atomic E-state index is 0.264. The van der Waals surface area contributed by atoms with E-state index in [0.29, 0.717) is 0 Å². The Hall–Kier alpha value is -2.06. The van der Waals surface area contributed by atoms with Gasteiger partial charge in [-0.25, -0.2) is 0 Å². The van der Waals surface area contributed by atoms with Crippen molar-refractivity contribution in [2.24, 2.45) is 0 Å². The highest BCUT2D eigenvalue weighted by Gasteiger charge is 2.27. The first-order chi connectivity index (χ1) is 11.5. The molecule has 1 aromatic heterocycles. The van der Waals surface area contributed by atoms with Crippen molar-refractivity contribution in [1.29, 1.82) is 0 Å². The Balaban J connectivity index is 1.94. The van der Waals surface area contributed by atoms with Crippen LogP contribution in [0.15, 0.2) is 24.3 Å². The van der Waals surface area contributed by atoms with Gasteiger partial charge in [-0.2, -0.15) is 0 Å². The van der Waals surface area contributed by atoms with Gasteiger partial charge >= 0.3 is 0 Å². The van der Waals surface area contributed by atoms with Gasteiger partial charge in [0.1, 0.15) is 0 Å². The molecular formula is C22H26N2. The molecular weight excluding hydrogens is 292 g/mol. The molecule has 3 aromatic rings. The number of aromatic amines is 1. The van der Waals surface area contributed by atoms with Gasteiger partial charge in [0.05, 0.1) is 6.04 Å². The minimum atomic E-state index is 0.264. The molecule has 2 aromatic carbocycles. The van der Waals surface area contributed by atoms with Crippen LogP contribution in [0.3, 0.4) is 0 Å². The molecule has 0 spiro atoms. The summed E-state index contributed by atoms with van der Waals surface area (Å²) in [7, 11) is 0. The first kappa shape index (κ1) is 15.5. The quantitative estimate of drug-likeness (QED) is 0.653. The Bertz CT molecular complexity index is 946. The van der Waals surface area contributed by atoms with Crippen LogP contribution in [0, 0.1) is 34.6 Å². The predicted octanol–water partition coefficient (Wildman–Crippen LogP) is 4.95. The van der Waals surface area contributed by atoms with Crippen molar-refractivity contribution in [2.75, 3.05) is 6.54 Å². The van der Waals surface area contributed by atoms with Crippen LogP contribution < -0.4 is 5.32 Å². The van der Waals surface area contributed by atoms with Crippen molar-refractivity contribution >= 4 is 10.9 Å². The topological polar surface area (TPSA) is 27.8 Å². The highest BCUT2D eigenvalue weighted by atomic mass is 15.0. The van der Waals surface area contributed by atoms with Crippen molar-refractivity contribution < 1.29 is 0 Å². The second kappa shape index (κ2) is 5.49. The van der Waals surface area contributed by atoms with Gasteiger partial charge < -0.3 is 10.3 Å². The summed E-state index contributed by atoms with van der Waals surface area (Å²) in [5, 5.41) is 5.18. The van der Waals surface area contributed by atoms with Crippen LogP contribution in [0.5, 0.6) is 0 Å². The van der Waals surface area contributed by atoms with E-state index in [1.54, 1.807) is 0 Å². The first-order valence-corrected chi connectivity index (χ1v) is 8.88. The van der Waals surface area contributed by atoms with E-state index in [0.717, 1.165) is 13.0 Å². The van der Waals surface area contributed by atoms with E-state index < -0.39 is 0 Å². The van der Waals surface area contributed by atoms with Gasteiger partial charge in [0.15, 0.2) is 0 Å². The molecule has 24 heavy (non-hydrogen) atoms. The summed E-state index contributed by atoms with van der Waals surface area (Å²) >= 11 is 0. The summed E-state index contributed by atoms with van der Waals surface area (Å²) in [4.78, 5) is 3.75. The predicted molar refractivity (Wildman–Crippen MR) is 102 cm³/mol. The maximum Gasteiger partial charge on any atom is 0.0735 e. The van der Waals surface area contributed by atoms with Gasteiger partial charge in [0.25, 0.3) is 0 Å². The van der Waals surface area contributed by atoms with E-state index >= 15 is 0 Å². The Kier molecular flexibility index (Phi) is 3.54. The molecule has 0 aliphatic carbocycles. The van der Waals surface area contributed by atoms with Crippen LogP contribution in [0.25, 0.3) is 10.9 Å². The number of H-pyrrole nitrogens is 1. The molecule has 0 amide bonds. The zero-order valence-corrected chi connectivity index (χ0v) is 15.3. The zero-order chi connectivity index (χ0) is 17.0. The summed E-state index contributed by atoms with van der Waals surface area (Å²) in [6.07, 6.45) is 1.10. The lowest BCUT2D eigenvalue weighted by Crippen LogP contribution is -2.31. The summed E-state index contributed by atoms with van der Waals surface area (Å²) in [6, 6.07) is 9.53. The van der Waals surface area contributed by atoms with Gasteiger partial charge in [-0.3, -0.25) is 0 Å². The van der Waals surface area contributed by atoms with Crippen molar-refractivity contribution in [3.8, 4) is 0 Å². The average molecular weight is 318 g/mol. The van der Waals surface area contributed by atoms with E-state index in [1.165, 1.54) is 55.5 Å². The Morgan fingerprint density at radius 2 is 1.58 bits per heavy atom. The van der Waals surface area contributed by atoms with Gasteiger partial charge in [0, 0.05) is 23.1 Å². The van der Waals surface area contributed by atoms with Crippen molar-refractivity contribution in [3.63, 3.8) is 0 Å². The third kappa shape index (κ3) is 2.29. The maximum absolute atomic E-state index is 3.75. The molecule has 1 aliphatic heterocycles. The second-order valence-electron chi connectivity index (χ2n) is 7.45. The molecule has 1 unspecified atom stereocenters. The minimum Gasteiger partial charge on any atom is -0.357 e. The summed E-state index contributed by atoms with van der Waals surface area (Å²) in [5.41, 5.74) is 12.4. The number of nitrogens with one attached hydrogen (secondary N) is 2. The molecule has 2 nitrogen and oxygen atoms in total. The van der Waals surface area contributed by atoms with Crippen LogP contribution in [0.2, 0.25) is 0 Å². The lowest BCUT2D eigenvalue weighted by Gasteiger charge is -2.27. The second-order valence-corrected chi connectivity index (χ2v) is 7.45. The van der Waals surface area contributed by atoms with Gasteiger partial charge in [-0.15, -0.1) is 0 Å². The molecule has 2 N–H and O–H groups in total. The smallest absolute Gasteiger partial charge is 0.0735 e.